The van der Waals surface area contributed by atoms with Gasteiger partial charge in [-0.05, 0) is 36.4 Å². The Morgan fingerprint density at radius 2 is 1.78 bits per heavy atom. The minimum Gasteiger partial charge on any atom is -0.485 e. The van der Waals surface area contributed by atoms with Crippen molar-refractivity contribution >= 4 is 5.78 Å². The number of benzene rings is 2. The number of Topliss-reactive ketones (excluding diaryl/α,β-unsaturated/α-hetero) is 1. The van der Waals surface area contributed by atoms with Crippen LogP contribution in [0, 0.1) is 11.6 Å². The van der Waals surface area contributed by atoms with Crippen LogP contribution in [0.15, 0.2) is 47.0 Å². The molecule has 3 rings (SSSR count). The molecule has 140 valence electrons. The predicted molar refractivity (Wildman–Crippen MR) is 80.9 cm³/mol. The topological polar surface area (TPSA) is 65.2 Å². The summed E-state index contributed by atoms with van der Waals surface area (Å²) in [5.41, 5.74) is -0.428. The minimum absolute atomic E-state index is 0.0947. The van der Waals surface area contributed by atoms with Gasteiger partial charge in [-0.15, -0.1) is 0 Å². The smallest absolute Gasteiger partial charge is 0.471 e. The standard InChI is InChI=1S/C17H9F5N2O3/c18-10-2-4-11(5-3-10)26-8-14(25)12-6-1-9(7-13(12)19)15-23-16(27-24-15)17(20,21)22/h1-7H,8H2. The number of rotatable bonds is 5. The highest BCUT2D eigenvalue weighted by atomic mass is 19.4. The summed E-state index contributed by atoms with van der Waals surface area (Å²) < 4.78 is 73.6. The summed E-state index contributed by atoms with van der Waals surface area (Å²) in [7, 11) is 0. The van der Waals surface area contributed by atoms with Crippen molar-refractivity contribution in [2.45, 2.75) is 6.18 Å². The number of hydrogen-bond acceptors (Lipinski definition) is 5. The van der Waals surface area contributed by atoms with Crippen molar-refractivity contribution in [3.63, 3.8) is 0 Å². The zero-order valence-corrected chi connectivity index (χ0v) is 13.3. The third kappa shape index (κ3) is 4.27. The van der Waals surface area contributed by atoms with Gasteiger partial charge in [-0.1, -0.05) is 11.2 Å². The van der Waals surface area contributed by atoms with Gasteiger partial charge in [0.2, 0.25) is 11.6 Å². The van der Waals surface area contributed by atoms with Crippen molar-refractivity contribution in [2.75, 3.05) is 6.61 Å². The van der Waals surface area contributed by atoms with Crippen LogP contribution < -0.4 is 4.74 Å². The first-order chi connectivity index (χ1) is 12.7. The van der Waals surface area contributed by atoms with E-state index >= 15 is 0 Å². The molecule has 0 saturated carbocycles. The SMILES string of the molecule is O=C(COc1ccc(F)cc1)c1ccc(-c2noc(C(F)(F)F)n2)cc1F. The molecule has 10 heteroatoms. The van der Waals surface area contributed by atoms with Gasteiger partial charge < -0.3 is 9.26 Å². The van der Waals surface area contributed by atoms with Gasteiger partial charge >= 0.3 is 12.1 Å². The van der Waals surface area contributed by atoms with Gasteiger partial charge in [0.25, 0.3) is 0 Å². The lowest BCUT2D eigenvalue weighted by molar-refractivity contribution is -0.159. The summed E-state index contributed by atoms with van der Waals surface area (Å²) in [6, 6.07) is 7.94. The van der Waals surface area contributed by atoms with E-state index in [9.17, 15) is 26.7 Å². The third-order valence-corrected chi connectivity index (χ3v) is 3.38. The minimum atomic E-state index is -4.82. The summed E-state index contributed by atoms with van der Waals surface area (Å²) in [5, 5.41) is 3.14. The highest BCUT2D eigenvalue weighted by Gasteiger charge is 2.38. The number of ether oxygens (including phenoxy) is 1. The van der Waals surface area contributed by atoms with Gasteiger partial charge in [0.1, 0.15) is 17.4 Å². The van der Waals surface area contributed by atoms with Crippen LogP contribution in [0.25, 0.3) is 11.4 Å². The van der Waals surface area contributed by atoms with Gasteiger partial charge in [-0.25, -0.2) is 8.78 Å². The number of alkyl halides is 3. The van der Waals surface area contributed by atoms with Crippen LogP contribution >= 0.6 is 0 Å². The summed E-state index contributed by atoms with van der Waals surface area (Å²) in [5.74, 6) is -4.00. The van der Waals surface area contributed by atoms with E-state index in [0.29, 0.717) is 0 Å². The van der Waals surface area contributed by atoms with Crippen molar-refractivity contribution in [3.05, 3.63) is 65.6 Å². The summed E-state index contributed by atoms with van der Waals surface area (Å²) in [4.78, 5) is 15.2. The molecule has 0 amide bonds. The quantitative estimate of drug-likeness (QED) is 0.485. The summed E-state index contributed by atoms with van der Waals surface area (Å²) in [6.07, 6.45) is -4.82. The first kappa shape index (κ1) is 18.5. The second kappa shape index (κ2) is 7.14. The number of carbonyl (C=O) groups is 1. The van der Waals surface area contributed by atoms with E-state index in [4.69, 9.17) is 4.74 Å². The molecule has 0 atom stereocenters. The van der Waals surface area contributed by atoms with E-state index in [1.54, 1.807) is 0 Å². The Balaban J connectivity index is 1.73. The largest absolute Gasteiger partial charge is 0.485 e. The number of nitrogens with zero attached hydrogens (tertiary/aromatic N) is 2. The zero-order chi connectivity index (χ0) is 19.6. The monoisotopic (exact) mass is 384 g/mol. The Morgan fingerprint density at radius 1 is 1.07 bits per heavy atom. The Bertz CT molecular complexity index is 967. The normalized spacial score (nSPS) is 11.4. The molecule has 0 fully saturated rings. The number of carbonyl (C=O) groups excluding carboxylic acids is 1. The van der Waals surface area contributed by atoms with Crippen molar-refractivity contribution in [3.8, 4) is 17.1 Å². The number of hydrogen-bond donors (Lipinski definition) is 0. The fourth-order valence-electron chi connectivity index (χ4n) is 2.09. The van der Waals surface area contributed by atoms with Gasteiger partial charge in [-0.2, -0.15) is 18.2 Å². The van der Waals surface area contributed by atoms with Gasteiger partial charge in [0, 0.05) is 5.56 Å². The molecule has 0 aliphatic heterocycles. The lowest BCUT2D eigenvalue weighted by Gasteiger charge is -2.07. The second-order valence-corrected chi connectivity index (χ2v) is 5.28. The molecular weight excluding hydrogens is 375 g/mol. The molecule has 0 unspecified atom stereocenters. The average Bonchev–Trinajstić information content (AvgIpc) is 3.11. The molecule has 0 bridgehead atoms. The number of halogens is 5. The lowest BCUT2D eigenvalue weighted by atomic mass is 10.1. The predicted octanol–water partition coefficient (Wildman–Crippen LogP) is 4.30. The molecule has 1 aromatic heterocycles. The molecule has 0 N–H and O–H groups in total. The van der Waals surface area contributed by atoms with E-state index in [-0.39, 0.29) is 16.9 Å². The van der Waals surface area contributed by atoms with E-state index in [1.165, 1.54) is 18.2 Å². The van der Waals surface area contributed by atoms with Crippen LogP contribution in [0.5, 0.6) is 5.75 Å². The molecule has 2 aromatic carbocycles. The van der Waals surface area contributed by atoms with Crippen LogP contribution in [0.4, 0.5) is 22.0 Å². The Kier molecular flexibility index (Phi) is 4.89. The highest BCUT2D eigenvalue weighted by Crippen LogP contribution is 2.29. The first-order valence-electron chi connectivity index (χ1n) is 7.36. The molecule has 1 heterocycles. The van der Waals surface area contributed by atoms with Crippen molar-refractivity contribution < 1.29 is 36.0 Å². The molecule has 0 spiro atoms. The fraction of sp³-hybridized carbons (Fsp3) is 0.118. The summed E-state index contributed by atoms with van der Waals surface area (Å²) in [6.45, 7) is -0.512. The van der Waals surface area contributed by atoms with Crippen LogP contribution in [0.2, 0.25) is 0 Å². The number of aromatic nitrogens is 2. The fourth-order valence-corrected chi connectivity index (χ4v) is 2.09. The lowest BCUT2D eigenvalue weighted by Crippen LogP contribution is -2.13. The maximum Gasteiger partial charge on any atom is 0.471 e. The molecule has 27 heavy (non-hydrogen) atoms. The molecule has 0 radical (unpaired) electrons. The first-order valence-corrected chi connectivity index (χ1v) is 7.36. The van der Waals surface area contributed by atoms with E-state index in [1.807, 2.05) is 0 Å². The van der Waals surface area contributed by atoms with Gasteiger partial charge in [0.05, 0.1) is 5.56 Å². The van der Waals surface area contributed by atoms with Gasteiger partial charge in [-0.3, -0.25) is 4.79 Å². The molecule has 5 nitrogen and oxygen atoms in total. The Morgan fingerprint density at radius 3 is 2.37 bits per heavy atom. The highest BCUT2D eigenvalue weighted by molar-refractivity contribution is 5.97. The van der Waals surface area contributed by atoms with E-state index < -0.39 is 41.9 Å². The van der Waals surface area contributed by atoms with E-state index in [0.717, 1.165) is 24.3 Å². The molecule has 0 aliphatic carbocycles. The van der Waals surface area contributed by atoms with Crippen LogP contribution in [0.3, 0.4) is 0 Å². The van der Waals surface area contributed by atoms with E-state index in [2.05, 4.69) is 14.7 Å². The average molecular weight is 384 g/mol. The van der Waals surface area contributed by atoms with Crippen LogP contribution in [-0.2, 0) is 6.18 Å². The van der Waals surface area contributed by atoms with Gasteiger partial charge in [0.15, 0.2) is 6.61 Å². The second-order valence-electron chi connectivity index (χ2n) is 5.28. The maximum atomic E-state index is 14.2. The molecule has 0 aliphatic rings. The molecular formula is C17H9F5N2O3. The zero-order valence-electron chi connectivity index (χ0n) is 13.3. The maximum absolute atomic E-state index is 14.2. The van der Waals surface area contributed by atoms with Crippen molar-refractivity contribution in [1.29, 1.82) is 0 Å². The van der Waals surface area contributed by atoms with Crippen molar-refractivity contribution in [2.24, 2.45) is 0 Å². The van der Waals surface area contributed by atoms with Crippen LogP contribution in [-0.4, -0.2) is 22.5 Å². The summed E-state index contributed by atoms with van der Waals surface area (Å²) >= 11 is 0. The third-order valence-electron chi connectivity index (χ3n) is 3.38. The van der Waals surface area contributed by atoms with Crippen LogP contribution in [0.1, 0.15) is 16.2 Å². The van der Waals surface area contributed by atoms with Crippen molar-refractivity contribution in [1.82, 2.24) is 10.1 Å². The molecule has 3 aromatic rings. The Hall–Kier alpha value is -3.30. The molecule has 0 saturated heterocycles. The number of ketones is 1. The Labute approximate surface area is 148 Å².